The third-order valence-electron chi connectivity index (χ3n) is 3.08. The minimum Gasteiger partial charge on any atom is -0.496 e. The van der Waals surface area contributed by atoms with Gasteiger partial charge in [0, 0.05) is 28.5 Å². The molecule has 0 N–H and O–H groups in total. The first-order valence-electron chi connectivity index (χ1n) is 5.88. The molecule has 4 heteroatoms. The van der Waals surface area contributed by atoms with Gasteiger partial charge in [0.15, 0.2) is 0 Å². The Morgan fingerprint density at radius 2 is 2.35 bits per heavy atom. The molecule has 0 bridgehead atoms. The highest BCUT2D eigenvalue weighted by Crippen LogP contribution is 2.26. The molecule has 1 aromatic carbocycles. The van der Waals surface area contributed by atoms with Crippen LogP contribution in [0.5, 0.6) is 5.75 Å². The van der Waals surface area contributed by atoms with E-state index in [1.807, 2.05) is 12.1 Å². The van der Waals surface area contributed by atoms with Crippen molar-refractivity contribution in [3.8, 4) is 5.75 Å². The summed E-state index contributed by atoms with van der Waals surface area (Å²) in [6.45, 7) is 3.00. The minimum absolute atomic E-state index is 0.293. The first-order chi connectivity index (χ1) is 8.19. The number of piperidine rings is 1. The van der Waals surface area contributed by atoms with Crippen LogP contribution in [0.3, 0.4) is 0 Å². The van der Waals surface area contributed by atoms with E-state index in [0.717, 1.165) is 36.3 Å². The molecule has 1 fully saturated rings. The van der Waals surface area contributed by atoms with Crippen molar-refractivity contribution in [3.63, 3.8) is 0 Å². The van der Waals surface area contributed by atoms with Gasteiger partial charge in [-0.25, -0.2) is 0 Å². The third kappa shape index (κ3) is 3.60. The number of methoxy groups -OCH3 is 1. The lowest BCUT2D eigenvalue weighted by atomic mass is 10.1. The summed E-state index contributed by atoms with van der Waals surface area (Å²) < 4.78 is 6.48. The molecule has 1 aliphatic heterocycles. The first kappa shape index (κ1) is 13.2. The Morgan fingerprint density at radius 1 is 1.53 bits per heavy atom. The van der Waals surface area contributed by atoms with E-state index in [-0.39, 0.29) is 0 Å². The summed E-state index contributed by atoms with van der Waals surface area (Å²) in [4.78, 5) is 2.39. The molecular weight excluding hydrogens is 302 g/mol. The summed E-state index contributed by atoms with van der Waals surface area (Å²) in [7, 11) is 1.72. The third-order valence-corrected chi connectivity index (χ3v) is 3.93. The topological polar surface area (TPSA) is 12.5 Å². The second-order valence-corrected chi connectivity index (χ2v) is 5.96. The number of hydrogen-bond acceptors (Lipinski definition) is 2. The SMILES string of the molecule is COc1ccc(Br)cc1CN1CCCC(Cl)C1. The van der Waals surface area contributed by atoms with Gasteiger partial charge in [-0.2, -0.15) is 0 Å². The van der Waals surface area contributed by atoms with Gasteiger partial charge in [0.25, 0.3) is 0 Å². The molecule has 0 amide bonds. The smallest absolute Gasteiger partial charge is 0.123 e. The maximum atomic E-state index is 6.20. The highest BCUT2D eigenvalue weighted by Gasteiger charge is 2.18. The molecule has 17 heavy (non-hydrogen) atoms. The van der Waals surface area contributed by atoms with Crippen LogP contribution in [0, 0.1) is 0 Å². The average Bonchev–Trinajstić information content (AvgIpc) is 2.29. The van der Waals surface area contributed by atoms with Crippen LogP contribution in [0.15, 0.2) is 22.7 Å². The highest BCUT2D eigenvalue weighted by molar-refractivity contribution is 9.10. The summed E-state index contributed by atoms with van der Waals surface area (Å²) in [5.41, 5.74) is 1.22. The van der Waals surface area contributed by atoms with Crippen LogP contribution in [0.25, 0.3) is 0 Å². The molecule has 2 nitrogen and oxygen atoms in total. The lowest BCUT2D eigenvalue weighted by Crippen LogP contribution is -2.35. The normalized spacial score (nSPS) is 21.5. The van der Waals surface area contributed by atoms with E-state index in [2.05, 4.69) is 26.9 Å². The molecule has 1 aromatic rings. The van der Waals surface area contributed by atoms with E-state index in [1.54, 1.807) is 7.11 Å². The van der Waals surface area contributed by atoms with Crippen molar-refractivity contribution in [1.82, 2.24) is 4.90 Å². The number of ether oxygens (including phenoxy) is 1. The molecule has 1 saturated heterocycles. The van der Waals surface area contributed by atoms with Crippen molar-refractivity contribution in [2.75, 3.05) is 20.2 Å². The Balaban J connectivity index is 2.08. The van der Waals surface area contributed by atoms with Crippen LogP contribution >= 0.6 is 27.5 Å². The van der Waals surface area contributed by atoms with Crippen LogP contribution in [-0.2, 0) is 6.54 Å². The molecule has 0 saturated carbocycles. The Hall–Kier alpha value is -0.250. The van der Waals surface area contributed by atoms with Gasteiger partial charge < -0.3 is 4.74 Å². The number of halogens is 2. The van der Waals surface area contributed by atoms with E-state index in [9.17, 15) is 0 Å². The largest absolute Gasteiger partial charge is 0.496 e. The molecule has 0 aromatic heterocycles. The monoisotopic (exact) mass is 317 g/mol. The number of likely N-dealkylation sites (tertiary alicyclic amines) is 1. The fraction of sp³-hybridized carbons (Fsp3) is 0.538. The van der Waals surface area contributed by atoms with E-state index in [4.69, 9.17) is 16.3 Å². The minimum atomic E-state index is 0.293. The fourth-order valence-corrected chi connectivity index (χ4v) is 3.01. The molecule has 0 radical (unpaired) electrons. The lowest BCUT2D eigenvalue weighted by molar-refractivity contribution is 0.221. The zero-order valence-electron chi connectivity index (χ0n) is 9.96. The van der Waals surface area contributed by atoms with Crippen molar-refractivity contribution >= 4 is 27.5 Å². The number of hydrogen-bond donors (Lipinski definition) is 0. The Kier molecular flexibility index (Phi) is 4.71. The van der Waals surface area contributed by atoms with Crippen molar-refractivity contribution in [2.45, 2.75) is 24.8 Å². The Morgan fingerprint density at radius 3 is 3.06 bits per heavy atom. The van der Waals surface area contributed by atoms with Gasteiger partial charge >= 0.3 is 0 Å². The molecule has 1 unspecified atom stereocenters. The fourth-order valence-electron chi connectivity index (χ4n) is 2.25. The van der Waals surface area contributed by atoms with Crippen LogP contribution in [0.4, 0.5) is 0 Å². The summed E-state index contributed by atoms with van der Waals surface area (Å²) >= 11 is 9.70. The maximum absolute atomic E-state index is 6.20. The second kappa shape index (κ2) is 6.07. The lowest BCUT2D eigenvalue weighted by Gasteiger charge is -2.30. The quantitative estimate of drug-likeness (QED) is 0.789. The van der Waals surface area contributed by atoms with Crippen molar-refractivity contribution in [3.05, 3.63) is 28.2 Å². The van der Waals surface area contributed by atoms with Gasteiger partial charge in [0.1, 0.15) is 5.75 Å². The van der Waals surface area contributed by atoms with Crippen molar-refractivity contribution in [2.24, 2.45) is 0 Å². The zero-order chi connectivity index (χ0) is 12.3. The van der Waals surface area contributed by atoms with Gasteiger partial charge in [0.05, 0.1) is 7.11 Å². The van der Waals surface area contributed by atoms with E-state index < -0.39 is 0 Å². The Bertz CT molecular complexity index is 386. The van der Waals surface area contributed by atoms with Gasteiger partial charge in [-0.3, -0.25) is 4.90 Å². The number of rotatable bonds is 3. The number of alkyl halides is 1. The van der Waals surface area contributed by atoms with Gasteiger partial charge in [-0.1, -0.05) is 15.9 Å². The first-order valence-corrected chi connectivity index (χ1v) is 7.11. The summed E-state index contributed by atoms with van der Waals surface area (Å²) in [5.74, 6) is 0.949. The van der Waals surface area contributed by atoms with Gasteiger partial charge in [-0.15, -0.1) is 11.6 Å². The second-order valence-electron chi connectivity index (χ2n) is 4.43. The van der Waals surface area contributed by atoms with Gasteiger partial charge in [-0.05, 0) is 37.6 Å². The molecule has 1 aliphatic rings. The zero-order valence-corrected chi connectivity index (χ0v) is 12.3. The van der Waals surface area contributed by atoms with E-state index in [1.165, 1.54) is 12.0 Å². The summed E-state index contributed by atoms with van der Waals surface area (Å²) in [5, 5.41) is 0.293. The number of benzene rings is 1. The molecule has 0 spiro atoms. The number of nitrogens with zero attached hydrogens (tertiary/aromatic N) is 1. The highest BCUT2D eigenvalue weighted by atomic mass is 79.9. The van der Waals surface area contributed by atoms with Crippen LogP contribution in [-0.4, -0.2) is 30.5 Å². The predicted octanol–water partition coefficient (Wildman–Crippen LogP) is 3.66. The molecule has 1 atom stereocenters. The van der Waals surface area contributed by atoms with E-state index in [0.29, 0.717) is 5.38 Å². The van der Waals surface area contributed by atoms with Crippen molar-refractivity contribution < 1.29 is 4.74 Å². The van der Waals surface area contributed by atoms with Gasteiger partial charge in [0.2, 0.25) is 0 Å². The maximum Gasteiger partial charge on any atom is 0.123 e. The standard InChI is InChI=1S/C13H17BrClNO/c1-17-13-5-4-11(14)7-10(13)8-16-6-2-3-12(15)9-16/h4-5,7,12H,2-3,6,8-9H2,1H3. The van der Waals surface area contributed by atoms with Crippen LogP contribution in [0.2, 0.25) is 0 Å². The molecule has 0 aliphatic carbocycles. The van der Waals surface area contributed by atoms with Crippen LogP contribution in [0.1, 0.15) is 18.4 Å². The average molecular weight is 319 g/mol. The molecular formula is C13H17BrClNO. The predicted molar refractivity (Wildman–Crippen MR) is 74.8 cm³/mol. The summed E-state index contributed by atoms with van der Waals surface area (Å²) in [6.07, 6.45) is 2.32. The Labute approximate surface area is 116 Å². The molecule has 94 valence electrons. The van der Waals surface area contributed by atoms with Crippen molar-refractivity contribution in [1.29, 1.82) is 0 Å². The molecule has 2 rings (SSSR count). The van der Waals surface area contributed by atoms with Crippen LogP contribution < -0.4 is 4.74 Å². The summed E-state index contributed by atoms with van der Waals surface area (Å²) in [6, 6.07) is 6.13. The van der Waals surface area contributed by atoms with E-state index >= 15 is 0 Å². The molecule has 1 heterocycles.